The van der Waals surface area contributed by atoms with Gasteiger partial charge in [0.1, 0.15) is 0 Å². The van der Waals surface area contributed by atoms with E-state index in [-0.39, 0.29) is 19.5 Å². The molecule has 0 aliphatic carbocycles. The van der Waals surface area contributed by atoms with Crippen LogP contribution in [0, 0.1) is 0 Å². The molecule has 3 heterocycles. The predicted octanol–water partition coefficient (Wildman–Crippen LogP) is 1.54. The molecule has 6 nitrogen and oxygen atoms in total. The van der Waals surface area contributed by atoms with Crippen molar-refractivity contribution in [3.63, 3.8) is 0 Å². The van der Waals surface area contributed by atoms with Gasteiger partial charge in [-0.3, -0.25) is 0 Å². The zero-order valence-electron chi connectivity index (χ0n) is 11.7. The Bertz CT molecular complexity index is 480. The summed E-state index contributed by atoms with van der Waals surface area (Å²) in [5, 5.41) is 12.8. The molecule has 0 saturated carbocycles. The van der Waals surface area contributed by atoms with Crippen LogP contribution in [0.25, 0.3) is 0 Å². The Morgan fingerprint density at radius 3 is 1.10 bits per heavy atom. The van der Waals surface area contributed by atoms with Crippen LogP contribution >= 0.6 is 0 Å². The minimum Gasteiger partial charge on any atom is -0.403 e. The second-order valence-corrected chi connectivity index (χ2v) is 3.56. The van der Waals surface area contributed by atoms with Gasteiger partial charge in [0.05, 0.1) is 0 Å². The van der Waals surface area contributed by atoms with E-state index in [1.807, 2.05) is 50.6 Å². The van der Waals surface area contributed by atoms with Gasteiger partial charge in [-0.15, -0.1) is 26.3 Å². The summed E-state index contributed by atoms with van der Waals surface area (Å²) in [6, 6.07) is 5.69. The van der Waals surface area contributed by atoms with Crippen LogP contribution in [0.2, 0.25) is 0 Å². The van der Waals surface area contributed by atoms with Crippen LogP contribution in [0.5, 0.6) is 0 Å². The van der Waals surface area contributed by atoms with E-state index in [0.717, 1.165) is 0 Å². The molecule has 1 radical (unpaired) electrons. The molecule has 0 fully saturated rings. The minimum atomic E-state index is -1.12. The Kier molecular flexibility index (Phi) is 9.46. The fourth-order valence-electron chi connectivity index (χ4n) is 1.85. The van der Waals surface area contributed by atoms with E-state index in [9.17, 15) is 0 Å². The molecule has 0 N–H and O–H groups in total. The van der Waals surface area contributed by atoms with Crippen molar-refractivity contribution in [2.24, 2.45) is 0 Å². The van der Waals surface area contributed by atoms with Gasteiger partial charge in [0.2, 0.25) is 0 Å². The standard InChI is InChI=1S/C9H10BN6.2C2H4.Rh/c1-4-11-14(7-1)10(15-8-2-5-12-15)16-9-3-6-13-16;2*1-2;/h1-10H;2*1-2H2;/q-1;;;. The fourth-order valence-corrected chi connectivity index (χ4v) is 1.85. The summed E-state index contributed by atoms with van der Waals surface area (Å²) in [7, 11) is -1.12. The minimum absolute atomic E-state index is 0. The number of hydrogen-bond acceptors (Lipinski definition) is 3. The van der Waals surface area contributed by atoms with E-state index >= 15 is 0 Å². The van der Waals surface area contributed by atoms with Crippen LogP contribution < -0.4 is 0 Å². The van der Waals surface area contributed by atoms with Crippen LogP contribution in [0.4, 0.5) is 0 Å². The maximum absolute atomic E-state index is 4.26. The Morgan fingerprint density at radius 1 is 0.619 bits per heavy atom. The first-order valence-corrected chi connectivity index (χ1v) is 6.10. The molecule has 0 atom stereocenters. The van der Waals surface area contributed by atoms with Crippen LogP contribution in [0.1, 0.15) is 0 Å². The van der Waals surface area contributed by atoms with E-state index in [1.54, 1.807) is 18.6 Å². The number of aromatic nitrogens is 6. The van der Waals surface area contributed by atoms with Crippen molar-refractivity contribution in [2.75, 3.05) is 0 Å². The summed E-state index contributed by atoms with van der Waals surface area (Å²) >= 11 is 0. The molecule has 3 aromatic rings. The third-order valence-electron chi connectivity index (χ3n) is 2.55. The summed E-state index contributed by atoms with van der Waals surface area (Å²) in [5.74, 6) is 0. The first-order chi connectivity index (χ1) is 9.95. The quantitative estimate of drug-likeness (QED) is 0.518. The van der Waals surface area contributed by atoms with Gasteiger partial charge in [-0.05, 0) is 36.8 Å². The Labute approximate surface area is 137 Å². The van der Waals surface area contributed by atoms with Crippen molar-refractivity contribution >= 4 is 7.12 Å². The SMILES string of the molecule is C=C.C=C.[Rh].c1cnn([BH-](n2cccn2)n2cccn2)c1. The smallest absolute Gasteiger partial charge is 0.325 e. The molecule has 0 aliphatic heterocycles. The van der Waals surface area contributed by atoms with Crippen molar-refractivity contribution in [3.05, 3.63) is 81.7 Å². The fraction of sp³-hybridized carbons (Fsp3) is 0. The number of rotatable bonds is 3. The first kappa shape index (κ1) is 18.8. The molecule has 0 aromatic carbocycles. The van der Waals surface area contributed by atoms with E-state index in [1.165, 1.54) is 0 Å². The van der Waals surface area contributed by atoms with Crippen molar-refractivity contribution < 1.29 is 19.5 Å². The molecule has 0 saturated heterocycles. The maximum atomic E-state index is 4.26. The molecule has 0 aliphatic rings. The molecule has 0 bridgehead atoms. The summed E-state index contributed by atoms with van der Waals surface area (Å²) < 4.78 is 5.62. The van der Waals surface area contributed by atoms with Gasteiger partial charge in [0.25, 0.3) is 0 Å². The van der Waals surface area contributed by atoms with Gasteiger partial charge in [-0.25, -0.2) is 15.3 Å². The average Bonchev–Trinajstić information content (AvgIpc) is 3.28. The first-order valence-electron chi connectivity index (χ1n) is 6.10. The summed E-state index contributed by atoms with van der Waals surface area (Å²) in [5.41, 5.74) is 0. The molecule has 21 heavy (non-hydrogen) atoms. The van der Waals surface area contributed by atoms with Gasteiger partial charge in [0.15, 0.2) is 0 Å². The second kappa shape index (κ2) is 10.6. The van der Waals surface area contributed by atoms with Crippen LogP contribution in [-0.2, 0) is 19.5 Å². The monoisotopic (exact) mass is 372 g/mol. The molecule has 8 heteroatoms. The molecular formula is C13H18BN6Rh-. The van der Waals surface area contributed by atoms with E-state index < -0.39 is 7.12 Å². The van der Waals surface area contributed by atoms with Crippen molar-refractivity contribution in [2.45, 2.75) is 0 Å². The van der Waals surface area contributed by atoms with Gasteiger partial charge >= 0.3 is 7.12 Å². The van der Waals surface area contributed by atoms with E-state index in [2.05, 4.69) is 41.6 Å². The summed E-state index contributed by atoms with van der Waals surface area (Å²) in [6.07, 6.45) is 11.0. The molecule has 0 unspecified atom stereocenters. The van der Waals surface area contributed by atoms with Gasteiger partial charge in [-0.1, -0.05) is 0 Å². The zero-order valence-corrected chi connectivity index (χ0v) is 13.4. The van der Waals surface area contributed by atoms with Gasteiger partial charge in [0, 0.05) is 38.1 Å². The third kappa shape index (κ3) is 4.68. The van der Waals surface area contributed by atoms with Crippen molar-refractivity contribution in [1.82, 2.24) is 29.1 Å². The van der Waals surface area contributed by atoms with Gasteiger partial charge < -0.3 is 13.8 Å². The average molecular weight is 372 g/mol. The summed E-state index contributed by atoms with van der Waals surface area (Å²) in [6.45, 7) is 12.0. The Hall–Kier alpha value is -2.20. The Morgan fingerprint density at radius 2 is 0.905 bits per heavy atom. The van der Waals surface area contributed by atoms with Crippen LogP contribution in [-0.4, -0.2) is 36.2 Å². The number of hydrogen-bond donors (Lipinski definition) is 0. The maximum Gasteiger partial charge on any atom is 0.325 e. The van der Waals surface area contributed by atoms with E-state index in [4.69, 9.17) is 0 Å². The molecule has 113 valence electrons. The normalized spacial score (nSPS) is 8.81. The van der Waals surface area contributed by atoms with Crippen LogP contribution in [0.3, 0.4) is 0 Å². The Balaban J connectivity index is 0.000000741. The zero-order chi connectivity index (χ0) is 14.8. The second-order valence-electron chi connectivity index (χ2n) is 3.56. The topological polar surface area (TPSA) is 53.5 Å². The van der Waals surface area contributed by atoms with Crippen LogP contribution in [0.15, 0.2) is 81.7 Å². The van der Waals surface area contributed by atoms with Crippen molar-refractivity contribution in [3.8, 4) is 0 Å². The summed E-state index contributed by atoms with van der Waals surface area (Å²) in [4.78, 5) is 0. The largest absolute Gasteiger partial charge is 0.403 e. The van der Waals surface area contributed by atoms with E-state index in [0.29, 0.717) is 0 Å². The molecule has 3 rings (SSSR count). The number of nitrogens with zero attached hydrogens (tertiary/aromatic N) is 6. The third-order valence-corrected chi connectivity index (χ3v) is 2.55. The molecular weight excluding hydrogens is 354 g/mol. The molecule has 0 spiro atoms. The molecule has 3 aromatic heterocycles. The van der Waals surface area contributed by atoms with Crippen molar-refractivity contribution in [1.29, 1.82) is 0 Å². The van der Waals surface area contributed by atoms with Gasteiger partial charge in [-0.2, -0.15) is 0 Å². The predicted molar refractivity (Wildman–Crippen MR) is 82.5 cm³/mol. The molecule has 0 amide bonds.